The van der Waals surface area contributed by atoms with Crippen LogP contribution < -0.4 is 16.8 Å². The zero-order valence-electron chi connectivity index (χ0n) is 8.22. The number of nitrogens with two attached hydrogens (primary N) is 2. The molecule has 0 spiro atoms. The fourth-order valence-corrected chi connectivity index (χ4v) is 1.12. The number of hydrogen-bond donors (Lipinski definition) is 3. The Morgan fingerprint density at radius 2 is 1.94 bits per heavy atom. The van der Waals surface area contributed by atoms with Crippen LogP contribution in [0.2, 0.25) is 0 Å². The number of nitrogens with zero attached hydrogens (tertiary/aromatic N) is 2. The fourth-order valence-electron chi connectivity index (χ4n) is 0.856. The maximum atomic E-state index is 11.3. The summed E-state index contributed by atoms with van der Waals surface area (Å²) in [5.41, 5.74) is 10.7. The van der Waals surface area contributed by atoms with Crippen molar-refractivity contribution < 1.29 is 4.79 Å². The van der Waals surface area contributed by atoms with Crippen molar-refractivity contribution in [3.63, 3.8) is 0 Å². The summed E-state index contributed by atoms with van der Waals surface area (Å²) in [7, 11) is 0. The molecule has 84 valence electrons. The second-order valence-electron chi connectivity index (χ2n) is 2.77. The van der Waals surface area contributed by atoms with Crippen molar-refractivity contribution in [2.24, 2.45) is 21.7 Å². The third-order valence-corrected chi connectivity index (χ3v) is 1.99. The molecule has 0 aliphatic carbocycles. The SMILES string of the molecule is NC(N)=NN=CC(=O)Nc1ccc(Br)cc1. The van der Waals surface area contributed by atoms with Crippen LogP contribution in [0.25, 0.3) is 0 Å². The summed E-state index contributed by atoms with van der Waals surface area (Å²) in [4.78, 5) is 11.3. The Labute approximate surface area is 101 Å². The summed E-state index contributed by atoms with van der Waals surface area (Å²) < 4.78 is 0.930. The zero-order chi connectivity index (χ0) is 12.0. The lowest BCUT2D eigenvalue weighted by molar-refractivity contribution is -0.110. The minimum atomic E-state index is -0.410. The van der Waals surface area contributed by atoms with E-state index in [4.69, 9.17) is 11.5 Å². The number of hydrogen-bond acceptors (Lipinski definition) is 3. The monoisotopic (exact) mass is 283 g/mol. The molecule has 1 aromatic rings. The van der Waals surface area contributed by atoms with Crippen molar-refractivity contribution in [1.82, 2.24) is 0 Å². The van der Waals surface area contributed by atoms with Gasteiger partial charge in [0.05, 0.1) is 0 Å². The average molecular weight is 284 g/mol. The van der Waals surface area contributed by atoms with Gasteiger partial charge in [0, 0.05) is 10.2 Å². The van der Waals surface area contributed by atoms with Gasteiger partial charge in [0.2, 0.25) is 5.96 Å². The van der Waals surface area contributed by atoms with E-state index in [0.29, 0.717) is 5.69 Å². The van der Waals surface area contributed by atoms with E-state index in [1.165, 1.54) is 0 Å². The Morgan fingerprint density at radius 1 is 1.31 bits per heavy atom. The molecule has 0 heterocycles. The van der Waals surface area contributed by atoms with Crippen molar-refractivity contribution >= 4 is 39.7 Å². The maximum Gasteiger partial charge on any atom is 0.268 e. The number of carbonyl (C=O) groups is 1. The van der Waals surface area contributed by atoms with Crippen molar-refractivity contribution in [1.29, 1.82) is 0 Å². The normalized spacial score (nSPS) is 10.1. The van der Waals surface area contributed by atoms with Crippen LogP contribution in [-0.4, -0.2) is 18.1 Å². The van der Waals surface area contributed by atoms with Crippen molar-refractivity contribution in [3.8, 4) is 0 Å². The van der Waals surface area contributed by atoms with E-state index in [0.717, 1.165) is 10.7 Å². The number of benzene rings is 1. The lowest BCUT2D eigenvalue weighted by atomic mass is 10.3. The molecular formula is C9H10BrN5O. The van der Waals surface area contributed by atoms with Gasteiger partial charge in [-0.1, -0.05) is 15.9 Å². The van der Waals surface area contributed by atoms with E-state index < -0.39 is 5.91 Å². The highest BCUT2D eigenvalue weighted by atomic mass is 79.9. The highest BCUT2D eigenvalue weighted by Gasteiger charge is 1.97. The molecule has 0 fully saturated rings. The van der Waals surface area contributed by atoms with Gasteiger partial charge in [-0.3, -0.25) is 4.79 Å². The van der Waals surface area contributed by atoms with Crippen LogP contribution in [0, 0.1) is 0 Å². The van der Waals surface area contributed by atoms with Crippen LogP contribution in [0.1, 0.15) is 0 Å². The summed E-state index contributed by atoms with van der Waals surface area (Å²) in [6.07, 6.45) is 0.988. The number of amides is 1. The van der Waals surface area contributed by atoms with Gasteiger partial charge in [0.25, 0.3) is 5.91 Å². The van der Waals surface area contributed by atoms with Crippen LogP contribution in [0.15, 0.2) is 38.9 Å². The number of nitrogens with one attached hydrogen (secondary N) is 1. The van der Waals surface area contributed by atoms with Gasteiger partial charge in [0.15, 0.2) is 0 Å². The molecule has 1 amide bonds. The number of halogens is 1. The summed E-state index contributed by atoms with van der Waals surface area (Å²) in [5, 5.41) is 9.25. The fraction of sp³-hybridized carbons (Fsp3) is 0. The first kappa shape index (κ1) is 12.2. The molecule has 0 aliphatic heterocycles. The average Bonchev–Trinajstić information content (AvgIpc) is 2.21. The van der Waals surface area contributed by atoms with Gasteiger partial charge < -0.3 is 16.8 Å². The molecule has 0 bridgehead atoms. The van der Waals surface area contributed by atoms with Crippen LogP contribution in [-0.2, 0) is 4.79 Å². The van der Waals surface area contributed by atoms with Crippen molar-refractivity contribution in [3.05, 3.63) is 28.7 Å². The number of guanidine groups is 1. The Balaban J connectivity index is 2.55. The molecule has 7 heteroatoms. The molecule has 5 N–H and O–H groups in total. The van der Waals surface area contributed by atoms with Crippen molar-refractivity contribution in [2.75, 3.05) is 5.32 Å². The molecule has 0 radical (unpaired) electrons. The first-order valence-corrected chi connectivity index (χ1v) is 5.06. The number of rotatable bonds is 3. The lowest BCUT2D eigenvalue weighted by Crippen LogP contribution is -2.22. The predicted octanol–water partition coefficient (Wildman–Crippen LogP) is 0.647. The topological polar surface area (TPSA) is 106 Å². The zero-order valence-corrected chi connectivity index (χ0v) is 9.81. The smallest absolute Gasteiger partial charge is 0.268 e. The number of carbonyl (C=O) groups excluding carboxylic acids is 1. The van der Waals surface area contributed by atoms with Gasteiger partial charge in [-0.25, -0.2) is 0 Å². The Hall–Kier alpha value is -1.89. The van der Waals surface area contributed by atoms with E-state index in [2.05, 4.69) is 31.4 Å². The summed E-state index contributed by atoms with van der Waals surface area (Å²) in [6, 6.07) is 7.11. The molecule has 1 aromatic carbocycles. The van der Waals surface area contributed by atoms with Crippen LogP contribution in [0.4, 0.5) is 5.69 Å². The Morgan fingerprint density at radius 3 is 2.50 bits per heavy atom. The largest absolute Gasteiger partial charge is 0.369 e. The molecule has 0 aromatic heterocycles. The Bertz CT molecular complexity index is 422. The predicted molar refractivity (Wildman–Crippen MR) is 67.1 cm³/mol. The standard InChI is InChI=1S/C9H10BrN5O/c10-6-1-3-7(4-2-6)14-8(16)5-13-15-9(11)12/h1-5H,(H,14,16)(H4,11,12,15). The highest BCUT2D eigenvalue weighted by molar-refractivity contribution is 9.10. The third kappa shape index (κ3) is 4.56. The summed E-state index contributed by atoms with van der Waals surface area (Å²) >= 11 is 3.28. The van der Waals surface area contributed by atoms with Crippen molar-refractivity contribution in [2.45, 2.75) is 0 Å². The molecule has 0 saturated heterocycles. The molecular weight excluding hydrogens is 274 g/mol. The van der Waals surface area contributed by atoms with Gasteiger partial charge in [-0.15, -0.1) is 10.2 Å². The number of anilines is 1. The van der Waals surface area contributed by atoms with Gasteiger partial charge in [0.1, 0.15) is 6.21 Å². The molecule has 0 unspecified atom stereocenters. The Kier molecular flexibility index (Phi) is 4.46. The maximum absolute atomic E-state index is 11.3. The molecule has 16 heavy (non-hydrogen) atoms. The quantitative estimate of drug-likeness (QED) is 0.431. The molecule has 0 aliphatic rings. The summed E-state index contributed by atoms with van der Waals surface area (Å²) in [5.74, 6) is -0.611. The van der Waals surface area contributed by atoms with Crippen LogP contribution >= 0.6 is 15.9 Å². The van der Waals surface area contributed by atoms with Gasteiger partial charge >= 0.3 is 0 Å². The molecule has 0 saturated carbocycles. The van der Waals surface area contributed by atoms with E-state index >= 15 is 0 Å². The van der Waals surface area contributed by atoms with E-state index in [1.807, 2.05) is 12.1 Å². The first-order chi connectivity index (χ1) is 7.58. The summed E-state index contributed by atoms with van der Waals surface area (Å²) in [6.45, 7) is 0. The lowest BCUT2D eigenvalue weighted by Gasteiger charge is -2.00. The first-order valence-electron chi connectivity index (χ1n) is 4.26. The molecule has 1 rings (SSSR count). The van der Waals surface area contributed by atoms with Gasteiger partial charge in [-0.05, 0) is 24.3 Å². The van der Waals surface area contributed by atoms with Crippen LogP contribution in [0.3, 0.4) is 0 Å². The molecule has 0 atom stereocenters. The highest BCUT2D eigenvalue weighted by Crippen LogP contribution is 2.13. The minimum absolute atomic E-state index is 0.201. The van der Waals surface area contributed by atoms with E-state index in [9.17, 15) is 4.79 Å². The van der Waals surface area contributed by atoms with E-state index in [1.54, 1.807) is 12.1 Å². The van der Waals surface area contributed by atoms with Crippen LogP contribution in [0.5, 0.6) is 0 Å². The second kappa shape index (κ2) is 5.86. The second-order valence-corrected chi connectivity index (χ2v) is 3.68. The van der Waals surface area contributed by atoms with E-state index in [-0.39, 0.29) is 5.96 Å². The van der Waals surface area contributed by atoms with Gasteiger partial charge in [-0.2, -0.15) is 0 Å². The minimum Gasteiger partial charge on any atom is -0.369 e. The third-order valence-electron chi connectivity index (χ3n) is 1.46. The molecule has 6 nitrogen and oxygen atoms in total.